The van der Waals surface area contributed by atoms with E-state index in [9.17, 15) is 0 Å². The molecule has 3 aromatic rings. The van der Waals surface area contributed by atoms with Crippen LogP contribution in [0.25, 0.3) is 0 Å². The molecule has 0 aliphatic carbocycles. The van der Waals surface area contributed by atoms with Gasteiger partial charge in [-0.05, 0) is 36.4 Å². The summed E-state index contributed by atoms with van der Waals surface area (Å²) in [5, 5.41) is 15.6. The highest BCUT2D eigenvalue weighted by Crippen LogP contribution is 2.31. The first-order valence-electron chi connectivity index (χ1n) is 8.09. The molecule has 7 nitrogen and oxygen atoms in total. The second-order valence-corrected chi connectivity index (χ2v) is 7.81. The van der Waals surface area contributed by atoms with Gasteiger partial charge in [0.25, 0.3) is 5.09 Å². The molecular weight excluding hydrogens is 461 g/mol. The third kappa shape index (κ3) is 8.51. The Morgan fingerprint density at radius 1 is 1.17 bits per heavy atom. The van der Waals surface area contributed by atoms with E-state index in [0.717, 1.165) is 15.5 Å². The van der Waals surface area contributed by atoms with Crippen molar-refractivity contribution in [1.82, 2.24) is 9.55 Å². The van der Waals surface area contributed by atoms with Gasteiger partial charge in [-0.25, -0.2) is 4.98 Å². The Kier molecular flexibility index (Phi) is 9.56. The van der Waals surface area contributed by atoms with Gasteiger partial charge in [0.2, 0.25) is 0 Å². The third-order valence-corrected chi connectivity index (χ3v) is 5.23. The summed E-state index contributed by atoms with van der Waals surface area (Å²) in [5.41, 5.74) is 0.900. The van der Waals surface area contributed by atoms with Crippen LogP contribution in [0, 0.1) is 10.1 Å². The lowest BCUT2D eigenvalue weighted by Gasteiger charge is -2.20. The van der Waals surface area contributed by atoms with Crippen LogP contribution in [0.4, 0.5) is 0 Å². The van der Waals surface area contributed by atoms with Gasteiger partial charge in [0.1, 0.15) is 6.10 Å². The predicted octanol–water partition coefficient (Wildman–Crippen LogP) is 6.00. The molecule has 11 heteroatoms. The summed E-state index contributed by atoms with van der Waals surface area (Å²) >= 11 is 19.9. The van der Waals surface area contributed by atoms with E-state index in [1.807, 2.05) is 47.2 Å². The number of hydrogen-bond donors (Lipinski definition) is 1. The van der Waals surface area contributed by atoms with Crippen LogP contribution in [-0.2, 0) is 11.3 Å². The quantitative estimate of drug-likeness (QED) is 0.194. The molecule has 0 bridgehead atoms. The van der Waals surface area contributed by atoms with Gasteiger partial charge in [0.15, 0.2) is 0 Å². The van der Waals surface area contributed by atoms with Crippen molar-refractivity contribution in [2.24, 2.45) is 0 Å². The molecule has 0 aliphatic rings. The summed E-state index contributed by atoms with van der Waals surface area (Å²) in [6.45, 7) is 0.614. The molecule has 0 saturated heterocycles. The highest BCUT2D eigenvalue weighted by Gasteiger charge is 2.17. The molecule has 0 spiro atoms. The fraction of sp³-hybridized carbons (Fsp3) is 0.167. The molecule has 0 saturated carbocycles. The van der Waals surface area contributed by atoms with Gasteiger partial charge in [-0.3, -0.25) is 0 Å². The van der Waals surface area contributed by atoms with E-state index in [1.165, 1.54) is 0 Å². The Hall–Kier alpha value is -1.97. The number of rotatable bonds is 7. The number of imidazole rings is 1. The van der Waals surface area contributed by atoms with Crippen LogP contribution in [0.3, 0.4) is 0 Å². The SMILES string of the molecule is Clc1ccc(SCOC(Cn2ccnc2)c2ccc(Cl)cc2Cl)cc1.O=[N+]([O-])O. The number of aromatic nitrogens is 2. The Morgan fingerprint density at radius 2 is 1.83 bits per heavy atom. The zero-order chi connectivity index (χ0) is 21.2. The molecule has 1 N–H and O–H groups in total. The van der Waals surface area contributed by atoms with Crippen LogP contribution < -0.4 is 0 Å². The van der Waals surface area contributed by atoms with Crippen LogP contribution in [0.5, 0.6) is 0 Å². The molecule has 1 heterocycles. The van der Waals surface area contributed by atoms with Crippen LogP contribution in [0.1, 0.15) is 11.7 Å². The summed E-state index contributed by atoms with van der Waals surface area (Å²) in [6, 6.07) is 13.1. The molecule has 2 aromatic carbocycles. The first kappa shape index (κ1) is 23.3. The minimum Gasteiger partial charge on any atom is -0.361 e. The van der Waals surface area contributed by atoms with E-state index in [1.54, 1.807) is 30.4 Å². The van der Waals surface area contributed by atoms with Gasteiger partial charge in [0, 0.05) is 37.9 Å². The Balaban J connectivity index is 0.000000687. The Morgan fingerprint density at radius 3 is 2.41 bits per heavy atom. The van der Waals surface area contributed by atoms with Gasteiger partial charge < -0.3 is 14.5 Å². The number of hydrogen-bond acceptors (Lipinski definition) is 5. The topological polar surface area (TPSA) is 90.4 Å². The molecule has 0 amide bonds. The minimum absolute atomic E-state index is 0.209. The summed E-state index contributed by atoms with van der Waals surface area (Å²) < 4.78 is 8.07. The lowest BCUT2D eigenvalue weighted by atomic mass is 10.1. The van der Waals surface area contributed by atoms with E-state index < -0.39 is 5.09 Å². The van der Waals surface area contributed by atoms with Crippen LogP contribution in [0.15, 0.2) is 66.1 Å². The van der Waals surface area contributed by atoms with Gasteiger partial charge in [-0.15, -0.1) is 10.1 Å². The summed E-state index contributed by atoms with van der Waals surface area (Å²) in [4.78, 5) is 13.5. The van der Waals surface area contributed by atoms with Crippen molar-refractivity contribution < 1.29 is 15.0 Å². The third-order valence-electron chi connectivity index (χ3n) is 3.55. The Labute approximate surface area is 186 Å². The molecule has 29 heavy (non-hydrogen) atoms. The van der Waals surface area contributed by atoms with Gasteiger partial charge in [0.05, 0.1) is 18.8 Å². The number of halogens is 3. The maximum absolute atomic E-state index is 8.36. The fourth-order valence-electron chi connectivity index (χ4n) is 2.30. The standard InChI is InChI=1S/C18H15Cl3N2OS.HNO3/c19-13-1-4-15(5-2-13)25-12-24-18(10-23-8-7-22-11-23)16-6-3-14(20)9-17(16)21;2-1(3)4/h1-9,11,18H,10,12H2;(H,2,3,4). The molecule has 0 fully saturated rings. The van der Waals surface area contributed by atoms with E-state index in [2.05, 4.69) is 4.98 Å². The van der Waals surface area contributed by atoms with E-state index in [-0.39, 0.29) is 6.10 Å². The maximum Gasteiger partial charge on any atom is 0.291 e. The highest BCUT2D eigenvalue weighted by molar-refractivity contribution is 7.99. The summed E-state index contributed by atoms with van der Waals surface area (Å²) in [5.74, 6) is 0.486. The lowest BCUT2D eigenvalue weighted by molar-refractivity contribution is -0.742. The minimum atomic E-state index is -1.50. The molecule has 0 aliphatic heterocycles. The molecule has 1 atom stereocenters. The van der Waals surface area contributed by atoms with Crippen molar-refractivity contribution in [2.45, 2.75) is 17.5 Å². The molecule has 0 radical (unpaired) electrons. The zero-order valence-electron chi connectivity index (χ0n) is 14.8. The number of ether oxygens (including phenoxy) is 1. The van der Waals surface area contributed by atoms with Crippen molar-refractivity contribution >= 4 is 46.6 Å². The largest absolute Gasteiger partial charge is 0.361 e. The van der Waals surface area contributed by atoms with Crippen molar-refractivity contribution in [1.29, 1.82) is 0 Å². The average molecular weight is 477 g/mol. The predicted molar refractivity (Wildman–Crippen MR) is 113 cm³/mol. The van der Waals surface area contributed by atoms with E-state index in [0.29, 0.717) is 22.5 Å². The molecule has 154 valence electrons. The second-order valence-electron chi connectivity index (χ2n) is 5.53. The van der Waals surface area contributed by atoms with Crippen LogP contribution in [0.2, 0.25) is 15.1 Å². The molecule has 3 rings (SSSR count). The van der Waals surface area contributed by atoms with Gasteiger partial charge >= 0.3 is 0 Å². The molecule has 1 aromatic heterocycles. The van der Waals surface area contributed by atoms with E-state index >= 15 is 0 Å². The molecule has 1 unspecified atom stereocenters. The van der Waals surface area contributed by atoms with Crippen LogP contribution in [-0.4, -0.2) is 25.8 Å². The fourth-order valence-corrected chi connectivity index (χ4v) is 3.66. The van der Waals surface area contributed by atoms with Crippen molar-refractivity contribution in [3.8, 4) is 0 Å². The maximum atomic E-state index is 8.36. The Bertz CT molecular complexity index is 907. The van der Waals surface area contributed by atoms with Gasteiger partial charge in [-0.2, -0.15) is 0 Å². The number of nitrogens with zero attached hydrogens (tertiary/aromatic N) is 3. The second kappa shape index (κ2) is 11.9. The molecular formula is C18H16Cl3N3O4S. The first-order chi connectivity index (χ1) is 13.8. The highest BCUT2D eigenvalue weighted by atomic mass is 35.5. The van der Waals surface area contributed by atoms with Crippen molar-refractivity contribution in [3.05, 3.63) is 91.9 Å². The summed E-state index contributed by atoms with van der Waals surface area (Å²) in [7, 11) is 0. The smallest absolute Gasteiger partial charge is 0.291 e. The normalized spacial score (nSPS) is 11.4. The zero-order valence-corrected chi connectivity index (χ0v) is 17.9. The van der Waals surface area contributed by atoms with Crippen LogP contribution >= 0.6 is 46.6 Å². The average Bonchev–Trinajstić information content (AvgIpc) is 3.15. The first-order valence-corrected chi connectivity index (χ1v) is 10.2. The lowest BCUT2D eigenvalue weighted by Crippen LogP contribution is -2.12. The number of benzene rings is 2. The van der Waals surface area contributed by atoms with E-state index in [4.69, 9.17) is 54.9 Å². The summed E-state index contributed by atoms with van der Waals surface area (Å²) in [6.07, 6.45) is 5.18. The van der Waals surface area contributed by atoms with Crippen molar-refractivity contribution in [3.63, 3.8) is 0 Å². The monoisotopic (exact) mass is 475 g/mol. The number of thioether (sulfide) groups is 1. The van der Waals surface area contributed by atoms with Gasteiger partial charge in [-0.1, -0.05) is 52.6 Å². The van der Waals surface area contributed by atoms with Crippen molar-refractivity contribution in [2.75, 3.05) is 5.94 Å².